The Morgan fingerprint density at radius 1 is 1.14 bits per heavy atom. The van der Waals surface area contributed by atoms with Crippen molar-refractivity contribution in [3.05, 3.63) is 30.1 Å². The minimum Gasteiger partial charge on any atom is -0.297 e. The molecule has 3 nitrogen and oxygen atoms in total. The lowest BCUT2D eigenvalue weighted by molar-refractivity contribution is 0.240. The van der Waals surface area contributed by atoms with E-state index in [0.29, 0.717) is 0 Å². The molecule has 1 aliphatic rings. The number of pyridine rings is 1. The first kappa shape index (κ1) is 9.19. The van der Waals surface area contributed by atoms with Crippen molar-refractivity contribution in [2.24, 2.45) is 5.10 Å². The molecule has 0 spiro atoms. The van der Waals surface area contributed by atoms with Gasteiger partial charge in [0.2, 0.25) is 0 Å². The van der Waals surface area contributed by atoms with Gasteiger partial charge < -0.3 is 0 Å². The van der Waals surface area contributed by atoms with E-state index in [4.69, 9.17) is 0 Å². The molecule has 1 aromatic rings. The number of aromatic nitrogens is 1. The van der Waals surface area contributed by atoms with Gasteiger partial charge in [-0.3, -0.25) is 9.99 Å². The highest BCUT2D eigenvalue weighted by atomic mass is 15.4. The predicted octanol–water partition coefficient (Wildman–Crippen LogP) is 1.90. The second-order valence-electron chi connectivity index (χ2n) is 3.54. The van der Waals surface area contributed by atoms with Crippen LogP contribution in [0.3, 0.4) is 0 Å². The van der Waals surface area contributed by atoms with Crippen LogP contribution in [-0.4, -0.2) is 29.3 Å². The first-order chi connectivity index (χ1) is 6.95. The van der Waals surface area contributed by atoms with Crippen molar-refractivity contribution in [1.82, 2.24) is 9.99 Å². The van der Waals surface area contributed by atoms with Crippen LogP contribution in [0.5, 0.6) is 0 Å². The summed E-state index contributed by atoms with van der Waals surface area (Å²) in [5, 5.41) is 6.58. The molecule has 74 valence electrons. The van der Waals surface area contributed by atoms with Gasteiger partial charge in [0.1, 0.15) is 0 Å². The van der Waals surface area contributed by atoms with Crippen molar-refractivity contribution < 1.29 is 0 Å². The number of rotatable bonds is 2. The summed E-state index contributed by atoms with van der Waals surface area (Å²) in [4.78, 5) is 3.96. The summed E-state index contributed by atoms with van der Waals surface area (Å²) in [6.07, 6.45) is 9.38. The van der Waals surface area contributed by atoms with Crippen LogP contribution >= 0.6 is 0 Å². The zero-order valence-corrected chi connectivity index (χ0v) is 8.26. The van der Waals surface area contributed by atoms with Crippen LogP contribution in [0.2, 0.25) is 0 Å². The van der Waals surface area contributed by atoms with Gasteiger partial charge >= 0.3 is 0 Å². The number of nitrogens with zero attached hydrogens (tertiary/aromatic N) is 3. The molecule has 14 heavy (non-hydrogen) atoms. The molecule has 0 N–H and O–H groups in total. The van der Waals surface area contributed by atoms with Crippen LogP contribution in [0.25, 0.3) is 0 Å². The van der Waals surface area contributed by atoms with Gasteiger partial charge in [-0.05, 0) is 37.0 Å². The van der Waals surface area contributed by atoms with Gasteiger partial charge in [0, 0.05) is 25.5 Å². The topological polar surface area (TPSA) is 28.5 Å². The molecule has 0 aliphatic carbocycles. The van der Waals surface area contributed by atoms with E-state index in [1.54, 1.807) is 12.4 Å². The summed E-state index contributed by atoms with van der Waals surface area (Å²) < 4.78 is 0. The lowest BCUT2D eigenvalue weighted by Crippen LogP contribution is -2.24. The van der Waals surface area contributed by atoms with Crippen LogP contribution in [-0.2, 0) is 0 Å². The Labute approximate surface area is 84.5 Å². The molecule has 1 aliphatic heterocycles. The van der Waals surface area contributed by atoms with E-state index in [-0.39, 0.29) is 0 Å². The van der Waals surface area contributed by atoms with Crippen molar-refractivity contribution in [1.29, 1.82) is 0 Å². The van der Waals surface area contributed by atoms with Gasteiger partial charge in [-0.2, -0.15) is 5.10 Å². The molecular weight excluding hydrogens is 174 g/mol. The zero-order valence-electron chi connectivity index (χ0n) is 8.26. The summed E-state index contributed by atoms with van der Waals surface area (Å²) in [7, 11) is 0. The third-order valence-electron chi connectivity index (χ3n) is 2.41. The largest absolute Gasteiger partial charge is 0.297 e. The van der Waals surface area contributed by atoms with E-state index in [9.17, 15) is 0 Å². The molecule has 3 heteroatoms. The van der Waals surface area contributed by atoms with Crippen LogP contribution in [0, 0.1) is 0 Å². The Balaban J connectivity index is 1.93. The normalized spacial score (nSPS) is 17.6. The average molecular weight is 189 g/mol. The molecule has 0 aromatic carbocycles. The zero-order chi connectivity index (χ0) is 9.64. The maximum absolute atomic E-state index is 4.43. The molecular formula is C11H15N3. The van der Waals surface area contributed by atoms with E-state index < -0.39 is 0 Å². The van der Waals surface area contributed by atoms with Gasteiger partial charge in [-0.25, -0.2) is 0 Å². The molecule has 2 rings (SSSR count). The monoisotopic (exact) mass is 189 g/mol. The predicted molar refractivity (Wildman–Crippen MR) is 57.3 cm³/mol. The molecule has 2 heterocycles. The highest BCUT2D eigenvalue weighted by Gasteiger charge is 2.05. The van der Waals surface area contributed by atoms with Crippen molar-refractivity contribution >= 4 is 6.21 Å². The Morgan fingerprint density at radius 3 is 2.57 bits per heavy atom. The molecule has 1 aromatic heterocycles. The number of hydrazone groups is 1. The van der Waals surface area contributed by atoms with Gasteiger partial charge in [0.25, 0.3) is 0 Å². The van der Waals surface area contributed by atoms with E-state index in [1.807, 2.05) is 18.3 Å². The smallest absolute Gasteiger partial charge is 0.0544 e. The molecule has 0 amide bonds. The molecule has 0 saturated carbocycles. The summed E-state index contributed by atoms with van der Waals surface area (Å²) in [6, 6.07) is 3.93. The second-order valence-corrected chi connectivity index (χ2v) is 3.54. The third-order valence-corrected chi connectivity index (χ3v) is 2.41. The van der Waals surface area contributed by atoms with Gasteiger partial charge in [0.15, 0.2) is 0 Å². The Hall–Kier alpha value is -1.38. The summed E-state index contributed by atoms with van der Waals surface area (Å²) in [6.45, 7) is 2.20. The van der Waals surface area contributed by atoms with E-state index in [0.717, 1.165) is 18.7 Å². The minimum absolute atomic E-state index is 1.10. The van der Waals surface area contributed by atoms with Crippen LogP contribution in [0.15, 0.2) is 29.6 Å². The van der Waals surface area contributed by atoms with Crippen molar-refractivity contribution in [3.8, 4) is 0 Å². The lowest BCUT2D eigenvalue weighted by atomic mass is 10.2. The first-order valence-electron chi connectivity index (χ1n) is 5.14. The number of piperidine rings is 1. The third kappa shape index (κ3) is 2.55. The van der Waals surface area contributed by atoms with Crippen LogP contribution in [0.1, 0.15) is 24.8 Å². The highest BCUT2D eigenvalue weighted by molar-refractivity contribution is 5.78. The minimum atomic E-state index is 1.10. The maximum atomic E-state index is 4.43. The van der Waals surface area contributed by atoms with E-state index in [1.165, 1.54) is 19.3 Å². The van der Waals surface area contributed by atoms with Gasteiger partial charge in [-0.1, -0.05) is 0 Å². The Morgan fingerprint density at radius 2 is 1.86 bits per heavy atom. The number of hydrogen-bond donors (Lipinski definition) is 0. The van der Waals surface area contributed by atoms with Gasteiger partial charge in [0.05, 0.1) is 6.21 Å². The summed E-state index contributed by atoms with van der Waals surface area (Å²) >= 11 is 0. The fourth-order valence-corrected chi connectivity index (χ4v) is 1.59. The van der Waals surface area contributed by atoms with Crippen molar-refractivity contribution in [2.75, 3.05) is 13.1 Å². The van der Waals surface area contributed by atoms with Crippen LogP contribution in [0.4, 0.5) is 0 Å². The molecule has 1 fully saturated rings. The van der Waals surface area contributed by atoms with Crippen molar-refractivity contribution in [2.45, 2.75) is 19.3 Å². The fourth-order valence-electron chi connectivity index (χ4n) is 1.59. The first-order valence-corrected chi connectivity index (χ1v) is 5.14. The second kappa shape index (κ2) is 4.74. The molecule has 0 atom stereocenters. The maximum Gasteiger partial charge on any atom is 0.0544 e. The standard InChI is InChI=1S/C11H15N3/c1-2-8-14(9-3-1)13-10-11-4-6-12-7-5-11/h4-7,10H,1-3,8-9H2/b13-10-. The Bertz CT molecular complexity index is 289. The molecule has 0 unspecified atom stereocenters. The SMILES string of the molecule is C(=N/N1CCCCC1)/c1ccncc1. The average Bonchev–Trinajstić information content (AvgIpc) is 2.29. The quantitative estimate of drug-likeness (QED) is 0.665. The van der Waals surface area contributed by atoms with Crippen LogP contribution < -0.4 is 0 Å². The summed E-state index contributed by atoms with van der Waals surface area (Å²) in [5.41, 5.74) is 1.12. The lowest BCUT2D eigenvalue weighted by Gasteiger charge is -2.23. The van der Waals surface area contributed by atoms with E-state index >= 15 is 0 Å². The van der Waals surface area contributed by atoms with E-state index in [2.05, 4.69) is 15.1 Å². The fraction of sp³-hybridized carbons (Fsp3) is 0.455. The number of hydrogen-bond acceptors (Lipinski definition) is 3. The van der Waals surface area contributed by atoms with Gasteiger partial charge in [-0.15, -0.1) is 0 Å². The molecule has 0 bridgehead atoms. The Kier molecular flexibility index (Phi) is 3.11. The molecule has 0 radical (unpaired) electrons. The molecule has 1 saturated heterocycles. The summed E-state index contributed by atoms with van der Waals surface area (Å²) in [5.74, 6) is 0. The highest BCUT2D eigenvalue weighted by Crippen LogP contribution is 2.08. The van der Waals surface area contributed by atoms with Crippen molar-refractivity contribution in [3.63, 3.8) is 0 Å².